The van der Waals surface area contributed by atoms with Crippen LogP contribution in [0.5, 0.6) is 0 Å². The maximum Gasteiger partial charge on any atom is 0.407 e. The van der Waals surface area contributed by atoms with E-state index < -0.39 is 11.7 Å². The molecule has 0 saturated heterocycles. The number of anilines is 3. The van der Waals surface area contributed by atoms with Crippen molar-refractivity contribution in [1.29, 1.82) is 0 Å². The molecule has 8 aromatic rings. The number of nitrogens with two attached hydrogens (primary N) is 3. The molecule has 274 valence electrons. The molecule has 0 aliphatic carbocycles. The first-order chi connectivity index (χ1) is 26.0. The van der Waals surface area contributed by atoms with Crippen molar-refractivity contribution >= 4 is 46.0 Å². The number of nitrogens with zero attached hydrogens (tertiary/aromatic N) is 10. The Morgan fingerprint density at radius 3 is 1.59 bits per heavy atom. The minimum Gasteiger partial charge on any atom is -0.463 e. The van der Waals surface area contributed by atoms with Gasteiger partial charge in [0.2, 0.25) is 11.9 Å². The quantitative estimate of drug-likeness (QED) is 0.153. The number of carbonyl (C=O) groups excluding carboxylic acids is 1. The van der Waals surface area contributed by atoms with Crippen molar-refractivity contribution in [1.82, 2.24) is 55.2 Å². The van der Waals surface area contributed by atoms with Gasteiger partial charge in [0.15, 0.2) is 33.8 Å². The van der Waals surface area contributed by atoms with E-state index in [-0.39, 0.29) is 11.9 Å². The van der Waals surface area contributed by atoms with Gasteiger partial charge < -0.3 is 36.1 Å². The van der Waals surface area contributed by atoms with Gasteiger partial charge in [-0.2, -0.15) is 9.97 Å². The van der Waals surface area contributed by atoms with Crippen LogP contribution in [0.1, 0.15) is 37.5 Å². The molecule has 54 heavy (non-hydrogen) atoms. The Morgan fingerprint density at radius 1 is 0.685 bits per heavy atom. The summed E-state index contributed by atoms with van der Waals surface area (Å²) in [5.41, 5.74) is 23.7. The lowest BCUT2D eigenvalue weighted by atomic mass is 10.1. The third kappa shape index (κ3) is 8.07. The maximum atomic E-state index is 11.8. The number of nitrogens with one attached hydrogen (secondary N) is 1. The number of furan rings is 2. The molecule has 0 unspecified atom stereocenters. The number of amides is 1. The normalized spacial score (nSPS) is 11.4. The fourth-order valence-corrected chi connectivity index (χ4v) is 5.35. The second kappa shape index (κ2) is 14.7. The zero-order valence-corrected chi connectivity index (χ0v) is 29.5. The van der Waals surface area contributed by atoms with Crippen molar-refractivity contribution < 1.29 is 18.4 Å². The van der Waals surface area contributed by atoms with Gasteiger partial charge >= 0.3 is 6.09 Å². The van der Waals surface area contributed by atoms with Crippen molar-refractivity contribution in [2.45, 2.75) is 46.0 Å². The zero-order chi connectivity index (χ0) is 37.8. The summed E-state index contributed by atoms with van der Waals surface area (Å²) in [5, 5.41) is 19.5. The number of ether oxygens (including phenoxy) is 1. The Hall–Kier alpha value is -7.37. The molecule has 0 radical (unpaired) electrons. The number of hydrogen-bond acceptors (Lipinski definition) is 15. The Balaban J connectivity index is 0.000000174. The van der Waals surface area contributed by atoms with E-state index in [0.29, 0.717) is 70.6 Å². The van der Waals surface area contributed by atoms with E-state index in [9.17, 15) is 4.79 Å². The molecule has 0 aliphatic heterocycles. The van der Waals surface area contributed by atoms with Crippen LogP contribution in [-0.4, -0.2) is 61.6 Å². The van der Waals surface area contributed by atoms with Gasteiger partial charge in [0.25, 0.3) is 0 Å². The van der Waals surface area contributed by atoms with E-state index in [2.05, 4.69) is 45.9 Å². The zero-order valence-electron chi connectivity index (χ0n) is 29.5. The fourth-order valence-electron chi connectivity index (χ4n) is 5.35. The largest absolute Gasteiger partial charge is 0.463 e. The van der Waals surface area contributed by atoms with Crippen molar-refractivity contribution in [2.75, 3.05) is 17.2 Å². The lowest BCUT2D eigenvalue weighted by molar-refractivity contribution is 0.0523. The van der Waals surface area contributed by atoms with Crippen molar-refractivity contribution in [3.63, 3.8) is 0 Å². The SMILES string of the molecule is CC(C)(C)OC(=O)NCc1ccc(Cn2nnc3c(-c4ccco4)nc(N)nc32)cc1.Nc1ccc(Cn2nnc3c(-c4ccco4)nc(N)nc32)cc1. The first-order valence-corrected chi connectivity index (χ1v) is 16.7. The molecule has 0 aliphatic rings. The van der Waals surface area contributed by atoms with Crippen molar-refractivity contribution in [3.05, 3.63) is 102 Å². The molecule has 0 atom stereocenters. The molecule has 0 fully saturated rings. The van der Waals surface area contributed by atoms with Crippen LogP contribution >= 0.6 is 0 Å². The highest BCUT2D eigenvalue weighted by Gasteiger charge is 2.19. The monoisotopic (exact) mass is 728 g/mol. The molecule has 6 aromatic heterocycles. The van der Waals surface area contributed by atoms with Gasteiger partial charge in [-0.15, -0.1) is 10.2 Å². The van der Waals surface area contributed by atoms with Crippen molar-refractivity contribution in [3.8, 4) is 22.9 Å². The lowest BCUT2D eigenvalue weighted by Crippen LogP contribution is -2.32. The van der Waals surface area contributed by atoms with Crippen LogP contribution in [-0.2, 0) is 24.4 Å². The highest BCUT2D eigenvalue weighted by atomic mass is 16.6. The number of rotatable bonds is 8. The Morgan fingerprint density at radius 2 is 1.15 bits per heavy atom. The third-order valence-electron chi connectivity index (χ3n) is 7.77. The molecule has 0 spiro atoms. The molecular formula is C36H36N14O4. The summed E-state index contributed by atoms with van der Waals surface area (Å²) < 4.78 is 19.4. The molecule has 7 N–H and O–H groups in total. The molecule has 1 amide bonds. The summed E-state index contributed by atoms with van der Waals surface area (Å²) in [6, 6.07) is 22.4. The molecular weight excluding hydrogens is 692 g/mol. The Labute approximate surface area is 307 Å². The first-order valence-electron chi connectivity index (χ1n) is 16.7. The topological polar surface area (TPSA) is 256 Å². The van der Waals surface area contributed by atoms with E-state index in [1.54, 1.807) is 46.2 Å². The van der Waals surface area contributed by atoms with E-state index in [1.165, 1.54) is 0 Å². The number of fused-ring (bicyclic) bond motifs is 2. The summed E-state index contributed by atoms with van der Waals surface area (Å²) in [6.07, 6.45) is 2.68. The average molecular weight is 729 g/mol. The van der Waals surface area contributed by atoms with Crippen LogP contribution in [0.25, 0.3) is 45.2 Å². The fraction of sp³-hybridized carbons (Fsp3) is 0.194. The summed E-state index contributed by atoms with van der Waals surface area (Å²) in [7, 11) is 0. The van der Waals surface area contributed by atoms with Gasteiger partial charge in [0, 0.05) is 12.2 Å². The smallest absolute Gasteiger partial charge is 0.407 e. The van der Waals surface area contributed by atoms with Gasteiger partial charge in [-0.1, -0.05) is 46.8 Å². The van der Waals surface area contributed by atoms with Crippen LogP contribution < -0.4 is 22.5 Å². The minimum atomic E-state index is -0.529. The van der Waals surface area contributed by atoms with Crippen LogP contribution in [0.2, 0.25) is 0 Å². The number of aromatic nitrogens is 10. The van der Waals surface area contributed by atoms with Crippen LogP contribution in [0.4, 0.5) is 22.4 Å². The maximum absolute atomic E-state index is 11.8. The van der Waals surface area contributed by atoms with E-state index >= 15 is 0 Å². The van der Waals surface area contributed by atoms with E-state index in [4.69, 9.17) is 30.8 Å². The van der Waals surface area contributed by atoms with Crippen molar-refractivity contribution in [2.24, 2.45) is 0 Å². The lowest BCUT2D eigenvalue weighted by Gasteiger charge is -2.19. The number of carbonyl (C=O) groups is 1. The Kier molecular flexibility index (Phi) is 9.54. The molecule has 2 aromatic carbocycles. The summed E-state index contributed by atoms with van der Waals surface area (Å²) in [6.45, 7) is 6.80. The number of hydrogen-bond donors (Lipinski definition) is 4. The first kappa shape index (κ1) is 35.1. The van der Waals surface area contributed by atoms with E-state index in [1.807, 2.05) is 69.3 Å². The Bertz CT molecular complexity index is 2500. The van der Waals surface area contributed by atoms with E-state index in [0.717, 1.165) is 16.7 Å². The predicted molar refractivity (Wildman–Crippen MR) is 199 cm³/mol. The highest BCUT2D eigenvalue weighted by molar-refractivity contribution is 5.86. The molecule has 18 nitrogen and oxygen atoms in total. The van der Waals surface area contributed by atoms with Gasteiger partial charge in [-0.25, -0.2) is 24.1 Å². The highest BCUT2D eigenvalue weighted by Crippen LogP contribution is 2.27. The molecule has 18 heteroatoms. The molecule has 6 heterocycles. The number of nitrogen functional groups attached to an aromatic ring is 3. The molecule has 0 bridgehead atoms. The summed E-state index contributed by atoms with van der Waals surface area (Å²) in [5.74, 6) is 1.38. The van der Waals surface area contributed by atoms with Gasteiger partial charge in [-0.3, -0.25) is 0 Å². The van der Waals surface area contributed by atoms with Crippen LogP contribution in [0, 0.1) is 0 Å². The van der Waals surface area contributed by atoms with Crippen LogP contribution in [0.15, 0.2) is 94.2 Å². The van der Waals surface area contributed by atoms with Crippen LogP contribution in [0.3, 0.4) is 0 Å². The number of benzene rings is 2. The predicted octanol–water partition coefficient (Wildman–Crippen LogP) is 4.83. The summed E-state index contributed by atoms with van der Waals surface area (Å²) >= 11 is 0. The van der Waals surface area contributed by atoms with Gasteiger partial charge in [-0.05, 0) is 73.9 Å². The third-order valence-corrected chi connectivity index (χ3v) is 7.77. The standard InChI is InChI=1S/C21H23N7O3.C15H13N7O/c1-21(2,3)31-20(29)23-11-13-6-8-14(9-7-13)12-28-18-17(26-27-28)16(24-19(22)25-18)15-5-4-10-30-15;16-10-5-3-9(4-6-10)8-22-14-13(20-21-22)12(18-15(17)19-14)11-2-1-7-23-11/h4-10H,11-12H2,1-3H3,(H,23,29)(H2,22,24,25);1-7H,8,16H2,(H2,17,18,19). The second-order valence-corrected chi connectivity index (χ2v) is 13.1. The van der Waals surface area contributed by atoms with Gasteiger partial charge in [0.1, 0.15) is 17.0 Å². The minimum absolute atomic E-state index is 0.117. The average Bonchev–Trinajstić information content (AvgIpc) is 3.97. The van der Waals surface area contributed by atoms with Gasteiger partial charge in [0.05, 0.1) is 25.6 Å². The number of alkyl carbamates (subject to hydrolysis) is 1. The second-order valence-electron chi connectivity index (χ2n) is 13.1. The summed E-state index contributed by atoms with van der Waals surface area (Å²) in [4.78, 5) is 28.8. The molecule has 0 saturated carbocycles. The molecule has 8 rings (SSSR count).